The third-order valence-corrected chi connectivity index (χ3v) is 7.33. The van der Waals surface area contributed by atoms with E-state index in [1.54, 1.807) is 42.0 Å². The predicted octanol–water partition coefficient (Wildman–Crippen LogP) is 1.68. The Bertz CT molecular complexity index is 1020. The van der Waals surface area contributed by atoms with Crippen molar-refractivity contribution < 1.29 is 22.4 Å². The summed E-state index contributed by atoms with van der Waals surface area (Å²) < 4.78 is 31.2. The average molecular weight is 419 g/mol. The van der Waals surface area contributed by atoms with Gasteiger partial charge in [0.15, 0.2) is 9.84 Å². The summed E-state index contributed by atoms with van der Waals surface area (Å²) in [5.41, 5.74) is 0.734. The summed E-state index contributed by atoms with van der Waals surface area (Å²) in [6.45, 7) is -0.165. The van der Waals surface area contributed by atoms with Gasteiger partial charge in [0.25, 0.3) is 0 Å². The van der Waals surface area contributed by atoms with Gasteiger partial charge in [-0.15, -0.1) is 11.3 Å². The van der Waals surface area contributed by atoms with Gasteiger partial charge in [-0.3, -0.25) is 14.6 Å². The van der Waals surface area contributed by atoms with Gasteiger partial charge in [0.1, 0.15) is 15.2 Å². The van der Waals surface area contributed by atoms with E-state index in [4.69, 9.17) is 4.42 Å². The molecule has 0 saturated carbocycles. The van der Waals surface area contributed by atoms with Crippen LogP contribution in [0.3, 0.4) is 0 Å². The van der Waals surface area contributed by atoms with Crippen molar-refractivity contribution in [1.29, 1.82) is 0 Å². The number of rotatable bonds is 7. The first kappa shape index (κ1) is 19.8. The molecule has 1 unspecified atom stereocenters. The zero-order chi connectivity index (χ0) is 20.0. The average Bonchev–Trinajstić information content (AvgIpc) is 3.41. The number of hydrogen-bond donors (Lipinski definition) is 2. The van der Waals surface area contributed by atoms with Crippen LogP contribution in [0.1, 0.15) is 16.6 Å². The van der Waals surface area contributed by atoms with E-state index in [2.05, 4.69) is 15.6 Å². The minimum atomic E-state index is -3.79. The third-order valence-electron chi connectivity index (χ3n) is 3.84. The Morgan fingerprint density at radius 3 is 2.57 bits per heavy atom. The molecular weight excluding hydrogens is 402 g/mol. The fourth-order valence-corrected chi connectivity index (χ4v) is 5.23. The van der Waals surface area contributed by atoms with Crippen LogP contribution in [-0.4, -0.2) is 31.8 Å². The number of nitrogens with zero attached hydrogens (tertiary/aromatic N) is 1. The number of hydrogen-bond acceptors (Lipinski definition) is 7. The van der Waals surface area contributed by atoms with Crippen LogP contribution in [-0.2, 0) is 26.0 Å². The van der Waals surface area contributed by atoms with Crippen LogP contribution in [0.5, 0.6) is 0 Å². The van der Waals surface area contributed by atoms with Gasteiger partial charge in [0.2, 0.25) is 0 Å². The van der Waals surface area contributed by atoms with Gasteiger partial charge in [-0.1, -0.05) is 12.1 Å². The second-order valence-corrected chi connectivity index (χ2v) is 9.04. The Kier molecular flexibility index (Phi) is 6.22. The van der Waals surface area contributed by atoms with E-state index < -0.39 is 26.9 Å². The predicted molar refractivity (Wildman–Crippen MR) is 102 cm³/mol. The van der Waals surface area contributed by atoms with E-state index in [9.17, 15) is 18.0 Å². The van der Waals surface area contributed by atoms with Crippen molar-refractivity contribution in [3.8, 4) is 0 Å². The second kappa shape index (κ2) is 8.81. The molecule has 0 fully saturated rings. The molecule has 1 atom stereocenters. The lowest BCUT2D eigenvalue weighted by Crippen LogP contribution is -2.42. The summed E-state index contributed by atoms with van der Waals surface area (Å²) in [6.07, 6.45) is 4.52. The smallest absolute Gasteiger partial charge is 0.309 e. The van der Waals surface area contributed by atoms with Gasteiger partial charge in [-0.25, -0.2) is 8.42 Å². The molecule has 10 heteroatoms. The molecular formula is C18H17N3O5S2. The Morgan fingerprint density at radius 2 is 1.93 bits per heavy atom. The number of nitrogens with one attached hydrogen (secondary N) is 2. The fraction of sp³-hybridized carbons (Fsp3) is 0.167. The molecule has 0 aliphatic heterocycles. The minimum absolute atomic E-state index is 0.134. The number of thiophene rings is 1. The maximum atomic E-state index is 12.9. The standard InChI is InChI=1S/C18H17N3O5S2/c22-17(20-11-13-4-1-7-19-10-13)18(23)21-12-15(14-5-2-8-26-14)28(24,25)16-6-3-9-27-16/h1-10,15H,11-12H2,(H,20,22)(H,21,23). The zero-order valence-corrected chi connectivity index (χ0v) is 16.2. The molecule has 0 aromatic carbocycles. The molecule has 3 aromatic rings. The molecule has 0 saturated heterocycles. The Hall–Kier alpha value is -2.98. The van der Waals surface area contributed by atoms with Gasteiger partial charge < -0.3 is 15.1 Å². The number of aromatic nitrogens is 1. The zero-order valence-electron chi connectivity index (χ0n) is 14.6. The van der Waals surface area contributed by atoms with Crippen LogP contribution in [0.25, 0.3) is 0 Å². The summed E-state index contributed by atoms with van der Waals surface area (Å²) in [6, 6.07) is 9.66. The third kappa shape index (κ3) is 4.65. The number of pyridine rings is 1. The topological polar surface area (TPSA) is 118 Å². The molecule has 2 amide bonds. The van der Waals surface area contributed by atoms with E-state index in [0.717, 1.165) is 16.9 Å². The van der Waals surface area contributed by atoms with Crippen molar-refractivity contribution >= 4 is 33.0 Å². The number of furan rings is 1. The molecule has 0 radical (unpaired) electrons. The largest absolute Gasteiger partial charge is 0.468 e. The van der Waals surface area contributed by atoms with Gasteiger partial charge in [0.05, 0.1) is 6.26 Å². The molecule has 146 valence electrons. The van der Waals surface area contributed by atoms with Gasteiger partial charge >= 0.3 is 11.8 Å². The Balaban J connectivity index is 1.65. The lowest BCUT2D eigenvalue weighted by Gasteiger charge is -2.15. The lowest BCUT2D eigenvalue weighted by atomic mass is 10.3. The maximum absolute atomic E-state index is 12.9. The first-order chi connectivity index (χ1) is 13.5. The number of amides is 2. The van der Waals surface area contributed by atoms with E-state index >= 15 is 0 Å². The summed E-state index contributed by atoms with van der Waals surface area (Å²) in [5, 5.41) is 5.34. The molecule has 0 aliphatic rings. The SMILES string of the molecule is O=C(NCc1cccnc1)C(=O)NCC(c1ccco1)S(=O)(=O)c1cccs1. The summed E-state index contributed by atoms with van der Waals surface area (Å²) in [4.78, 5) is 28.0. The summed E-state index contributed by atoms with van der Waals surface area (Å²) >= 11 is 1.07. The monoisotopic (exact) mass is 419 g/mol. The fourth-order valence-electron chi connectivity index (χ4n) is 2.43. The number of carbonyl (C=O) groups excluding carboxylic acids is 2. The molecule has 0 aliphatic carbocycles. The van der Waals surface area contributed by atoms with Crippen LogP contribution in [0.15, 0.2) is 69.1 Å². The summed E-state index contributed by atoms with van der Waals surface area (Å²) in [7, 11) is -3.79. The van der Waals surface area contributed by atoms with Gasteiger partial charge in [-0.05, 0) is 35.2 Å². The lowest BCUT2D eigenvalue weighted by molar-refractivity contribution is -0.139. The first-order valence-corrected chi connectivity index (χ1v) is 10.7. The molecule has 2 N–H and O–H groups in total. The number of carbonyl (C=O) groups is 2. The Morgan fingerprint density at radius 1 is 1.11 bits per heavy atom. The molecule has 3 heterocycles. The van der Waals surface area contributed by atoms with Crippen LogP contribution in [0, 0.1) is 0 Å². The van der Waals surface area contributed by atoms with Gasteiger partial charge in [0, 0.05) is 25.5 Å². The molecule has 0 bridgehead atoms. The van der Waals surface area contributed by atoms with Gasteiger partial charge in [-0.2, -0.15) is 0 Å². The highest BCUT2D eigenvalue weighted by Gasteiger charge is 2.33. The first-order valence-electron chi connectivity index (χ1n) is 8.24. The molecule has 0 spiro atoms. The summed E-state index contributed by atoms with van der Waals surface area (Å²) in [5.74, 6) is -1.61. The molecule has 28 heavy (non-hydrogen) atoms. The van der Waals surface area contributed by atoms with Crippen molar-refractivity contribution in [2.24, 2.45) is 0 Å². The van der Waals surface area contributed by atoms with E-state index in [0.29, 0.717) is 0 Å². The second-order valence-electron chi connectivity index (χ2n) is 5.74. The quantitative estimate of drug-likeness (QED) is 0.563. The molecule has 3 rings (SSSR count). The van der Waals surface area contributed by atoms with E-state index in [-0.39, 0.29) is 23.1 Å². The number of sulfone groups is 1. The normalized spacial score (nSPS) is 12.3. The van der Waals surface area contributed by atoms with Crippen LogP contribution in [0.2, 0.25) is 0 Å². The van der Waals surface area contributed by atoms with Crippen molar-refractivity contribution in [2.75, 3.05) is 6.54 Å². The highest BCUT2D eigenvalue weighted by molar-refractivity contribution is 7.93. The Labute approximate surface area is 165 Å². The van der Waals surface area contributed by atoms with Crippen LogP contribution in [0.4, 0.5) is 0 Å². The molecule has 8 nitrogen and oxygen atoms in total. The molecule has 3 aromatic heterocycles. The van der Waals surface area contributed by atoms with E-state index in [1.165, 1.54) is 18.4 Å². The van der Waals surface area contributed by atoms with Crippen molar-refractivity contribution in [2.45, 2.75) is 16.0 Å². The minimum Gasteiger partial charge on any atom is -0.468 e. The maximum Gasteiger partial charge on any atom is 0.309 e. The highest BCUT2D eigenvalue weighted by Crippen LogP contribution is 2.31. The van der Waals surface area contributed by atoms with E-state index in [1.807, 2.05) is 0 Å². The van der Waals surface area contributed by atoms with Crippen molar-refractivity contribution in [1.82, 2.24) is 15.6 Å². The highest BCUT2D eigenvalue weighted by atomic mass is 32.2. The van der Waals surface area contributed by atoms with Crippen molar-refractivity contribution in [3.05, 3.63) is 71.8 Å². The van der Waals surface area contributed by atoms with Crippen LogP contribution < -0.4 is 10.6 Å². The van der Waals surface area contributed by atoms with Crippen LogP contribution >= 0.6 is 11.3 Å². The van der Waals surface area contributed by atoms with Crippen molar-refractivity contribution in [3.63, 3.8) is 0 Å².